The van der Waals surface area contributed by atoms with Crippen LogP contribution in [-0.2, 0) is 9.53 Å². The van der Waals surface area contributed by atoms with Gasteiger partial charge >= 0.3 is 5.97 Å². The fraction of sp³-hybridized carbons (Fsp3) is 0.812. The van der Waals surface area contributed by atoms with Crippen LogP contribution < -0.4 is 0 Å². The molecule has 0 heterocycles. The van der Waals surface area contributed by atoms with Crippen LogP contribution in [-0.4, -0.2) is 36.0 Å². The molecule has 5 atom stereocenters. The lowest BCUT2D eigenvalue weighted by molar-refractivity contribution is -0.173. The van der Waals surface area contributed by atoms with Crippen LogP contribution in [0.4, 0.5) is 0 Å². The van der Waals surface area contributed by atoms with E-state index in [2.05, 4.69) is 13.5 Å². The number of esters is 1. The van der Waals surface area contributed by atoms with Crippen LogP contribution >= 0.6 is 0 Å². The van der Waals surface area contributed by atoms with Gasteiger partial charge in [-0.25, -0.2) is 0 Å². The zero-order valence-electron chi connectivity index (χ0n) is 12.7. The molecular formula is C16H26O4. The minimum atomic E-state index is -0.556. The molecule has 0 spiro atoms. The molecule has 0 saturated heterocycles. The zero-order valence-corrected chi connectivity index (χ0v) is 12.7. The van der Waals surface area contributed by atoms with Crippen molar-refractivity contribution >= 4 is 5.97 Å². The van der Waals surface area contributed by atoms with Crippen molar-refractivity contribution < 1.29 is 19.7 Å². The molecule has 0 unspecified atom stereocenters. The summed E-state index contributed by atoms with van der Waals surface area (Å²) in [5.74, 6) is -0.471. The summed E-state index contributed by atoms with van der Waals surface area (Å²) in [6, 6.07) is 0. The number of carbonyl (C=O) groups excluding carboxylic acids is 1. The van der Waals surface area contributed by atoms with Gasteiger partial charge in [0.25, 0.3) is 0 Å². The van der Waals surface area contributed by atoms with Gasteiger partial charge in [0.05, 0.1) is 25.7 Å². The molecule has 4 heteroatoms. The van der Waals surface area contributed by atoms with Crippen molar-refractivity contribution in [3.63, 3.8) is 0 Å². The van der Waals surface area contributed by atoms with Gasteiger partial charge < -0.3 is 14.9 Å². The van der Waals surface area contributed by atoms with Gasteiger partial charge in [-0.15, -0.1) is 0 Å². The van der Waals surface area contributed by atoms with E-state index in [1.54, 1.807) is 0 Å². The molecule has 4 nitrogen and oxygen atoms in total. The highest BCUT2D eigenvalue weighted by Crippen LogP contribution is 2.61. The zero-order chi connectivity index (χ0) is 15.1. The van der Waals surface area contributed by atoms with Gasteiger partial charge in [0.1, 0.15) is 0 Å². The molecule has 2 aliphatic carbocycles. The average Bonchev–Trinajstić information content (AvgIpc) is 2.42. The van der Waals surface area contributed by atoms with Gasteiger partial charge in [-0.05, 0) is 37.0 Å². The Morgan fingerprint density at radius 3 is 2.65 bits per heavy atom. The summed E-state index contributed by atoms with van der Waals surface area (Å²) in [7, 11) is 1.41. The number of ether oxygens (including phenoxy) is 1. The van der Waals surface area contributed by atoms with Crippen molar-refractivity contribution in [2.45, 2.75) is 45.6 Å². The first kappa shape index (κ1) is 15.5. The molecule has 20 heavy (non-hydrogen) atoms. The fourth-order valence-electron chi connectivity index (χ4n) is 4.65. The van der Waals surface area contributed by atoms with E-state index < -0.39 is 11.5 Å². The van der Waals surface area contributed by atoms with Crippen molar-refractivity contribution in [3.05, 3.63) is 12.2 Å². The number of fused-ring (bicyclic) bond motifs is 1. The quantitative estimate of drug-likeness (QED) is 0.599. The Balaban J connectivity index is 2.44. The molecule has 0 amide bonds. The molecule has 0 aromatic carbocycles. The van der Waals surface area contributed by atoms with Crippen molar-refractivity contribution in [1.82, 2.24) is 0 Å². The van der Waals surface area contributed by atoms with Crippen LogP contribution in [0.25, 0.3) is 0 Å². The first-order chi connectivity index (χ1) is 9.31. The van der Waals surface area contributed by atoms with Gasteiger partial charge in [-0.3, -0.25) is 4.79 Å². The van der Waals surface area contributed by atoms with Gasteiger partial charge in [-0.2, -0.15) is 0 Å². The van der Waals surface area contributed by atoms with Crippen molar-refractivity contribution in [2.75, 3.05) is 13.7 Å². The summed E-state index contributed by atoms with van der Waals surface area (Å²) in [5.41, 5.74) is 0.0753. The molecule has 0 radical (unpaired) electrons. The third-order valence-corrected chi connectivity index (χ3v) is 5.91. The van der Waals surface area contributed by atoms with Crippen LogP contribution in [0, 0.1) is 22.7 Å². The summed E-state index contributed by atoms with van der Waals surface area (Å²) in [6.07, 6.45) is 2.45. The van der Waals surface area contributed by atoms with E-state index in [4.69, 9.17) is 4.74 Å². The van der Waals surface area contributed by atoms with Crippen LogP contribution in [0.5, 0.6) is 0 Å². The second-order valence-electron chi connectivity index (χ2n) is 6.93. The summed E-state index contributed by atoms with van der Waals surface area (Å²) in [4.78, 5) is 12.2. The lowest BCUT2D eigenvalue weighted by atomic mass is 9.46. The molecule has 0 aromatic heterocycles. The van der Waals surface area contributed by atoms with Crippen LogP contribution in [0.2, 0.25) is 0 Å². The fourth-order valence-corrected chi connectivity index (χ4v) is 4.65. The largest absolute Gasteiger partial charge is 0.469 e. The number of aliphatic hydroxyl groups excluding tert-OH is 2. The van der Waals surface area contributed by atoms with Gasteiger partial charge in [0, 0.05) is 5.41 Å². The number of hydrogen-bond acceptors (Lipinski definition) is 4. The standard InChI is InChI=1S/C16H26O4/c1-10-5-6-11-15(2,13(10)14(19)20-4)8-7-12(18)16(11,3)9-17/h11-13,17-18H,1,5-9H2,2-4H3/t11-,12-,13-,15+,16+/m1/s1. The van der Waals surface area contributed by atoms with Crippen molar-refractivity contribution in [3.8, 4) is 0 Å². The maximum absolute atomic E-state index is 12.2. The first-order valence-electron chi connectivity index (χ1n) is 7.35. The highest BCUT2D eigenvalue weighted by Gasteiger charge is 2.59. The topological polar surface area (TPSA) is 66.8 Å². The van der Waals surface area contributed by atoms with Gasteiger partial charge in [-0.1, -0.05) is 26.0 Å². The SMILES string of the molecule is C=C1CC[C@H]2[C@](C)(CO)[C@H](O)CC[C@]2(C)[C@H]1C(=O)OC. The van der Waals surface area contributed by atoms with Crippen LogP contribution in [0.1, 0.15) is 39.5 Å². The molecule has 2 N–H and O–H groups in total. The van der Waals surface area contributed by atoms with Crippen LogP contribution in [0.15, 0.2) is 12.2 Å². The summed E-state index contributed by atoms with van der Waals surface area (Å²) in [5, 5.41) is 20.2. The molecule has 114 valence electrons. The predicted octanol–water partition coefficient (Wildman–Crippen LogP) is 1.90. The van der Waals surface area contributed by atoms with Gasteiger partial charge in [0.2, 0.25) is 0 Å². The maximum atomic E-state index is 12.2. The van der Waals surface area contributed by atoms with E-state index >= 15 is 0 Å². The minimum Gasteiger partial charge on any atom is -0.469 e. The summed E-state index contributed by atoms with van der Waals surface area (Å²) < 4.78 is 4.98. The van der Waals surface area contributed by atoms with E-state index in [9.17, 15) is 15.0 Å². The average molecular weight is 282 g/mol. The Bertz CT molecular complexity index is 411. The van der Waals surface area contributed by atoms with Crippen molar-refractivity contribution in [2.24, 2.45) is 22.7 Å². The lowest BCUT2D eigenvalue weighted by Gasteiger charge is -2.58. The molecule has 2 saturated carbocycles. The summed E-state index contributed by atoms with van der Waals surface area (Å²) >= 11 is 0. The number of aliphatic hydroxyl groups is 2. The Morgan fingerprint density at radius 1 is 1.45 bits per heavy atom. The van der Waals surface area contributed by atoms with Crippen LogP contribution in [0.3, 0.4) is 0 Å². The number of rotatable bonds is 2. The molecule has 2 fully saturated rings. The molecular weight excluding hydrogens is 256 g/mol. The Hall–Kier alpha value is -0.870. The van der Waals surface area contributed by atoms with E-state index in [0.29, 0.717) is 6.42 Å². The monoisotopic (exact) mass is 282 g/mol. The van der Waals surface area contributed by atoms with Gasteiger partial charge in [0.15, 0.2) is 0 Å². The van der Waals surface area contributed by atoms with E-state index in [-0.39, 0.29) is 29.8 Å². The number of hydrogen-bond donors (Lipinski definition) is 2. The number of carbonyl (C=O) groups is 1. The number of methoxy groups -OCH3 is 1. The third-order valence-electron chi connectivity index (χ3n) is 5.91. The molecule has 0 aliphatic heterocycles. The second-order valence-corrected chi connectivity index (χ2v) is 6.93. The Morgan fingerprint density at radius 2 is 2.10 bits per heavy atom. The Kier molecular flexibility index (Phi) is 4.00. The molecule has 0 bridgehead atoms. The predicted molar refractivity (Wildman–Crippen MR) is 75.9 cm³/mol. The Labute approximate surface area is 120 Å². The minimum absolute atomic E-state index is 0.0607. The summed E-state index contributed by atoms with van der Waals surface area (Å²) in [6.45, 7) is 8.03. The molecule has 0 aromatic rings. The molecule has 2 rings (SSSR count). The highest BCUT2D eigenvalue weighted by atomic mass is 16.5. The maximum Gasteiger partial charge on any atom is 0.313 e. The van der Waals surface area contributed by atoms with E-state index in [1.807, 2.05) is 6.92 Å². The lowest BCUT2D eigenvalue weighted by Crippen LogP contribution is -2.58. The first-order valence-corrected chi connectivity index (χ1v) is 7.35. The highest BCUT2D eigenvalue weighted by molar-refractivity contribution is 5.77. The van der Waals surface area contributed by atoms with Crippen molar-refractivity contribution in [1.29, 1.82) is 0 Å². The second kappa shape index (κ2) is 5.15. The normalized spacial score (nSPS) is 44.9. The van der Waals surface area contributed by atoms with E-state index in [1.165, 1.54) is 7.11 Å². The third kappa shape index (κ3) is 2.01. The molecule has 2 aliphatic rings. The van der Waals surface area contributed by atoms with E-state index in [0.717, 1.165) is 24.8 Å². The smallest absolute Gasteiger partial charge is 0.313 e.